The van der Waals surface area contributed by atoms with E-state index in [0.717, 1.165) is 9.35 Å². The Labute approximate surface area is 119 Å². The van der Waals surface area contributed by atoms with Gasteiger partial charge in [-0.3, -0.25) is 0 Å². The van der Waals surface area contributed by atoms with E-state index in [9.17, 15) is 8.42 Å². The summed E-state index contributed by atoms with van der Waals surface area (Å²) in [5.74, 6) is 0.0827. The molecule has 1 aromatic heterocycles. The van der Waals surface area contributed by atoms with Crippen LogP contribution < -0.4 is 5.73 Å². The molecule has 6 heteroatoms. The SMILES string of the molecule is Nc1cc(Br)ccc1S(=O)(=O)CCc1cccs1. The third-order valence-corrected chi connectivity index (χ3v) is 5.72. The van der Waals surface area contributed by atoms with Crippen molar-refractivity contribution in [2.24, 2.45) is 0 Å². The fraction of sp³-hybridized carbons (Fsp3) is 0.167. The number of rotatable bonds is 4. The lowest BCUT2D eigenvalue weighted by Crippen LogP contribution is -2.11. The first-order valence-electron chi connectivity index (χ1n) is 5.29. The standard InChI is InChI=1S/C12H12BrNO2S2/c13-9-3-4-12(11(14)8-9)18(15,16)7-5-10-2-1-6-17-10/h1-4,6,8H,5,7,14H2. The topological polar surface area (TPSA) is 60.2 Å². The van der Waals surface area contributed by atoms with E-state index in [4.69, 9.17) is 5.73 Å². The molecule has 3 nitrogen and oxygen atoms in total. The van der Waals surface area contributed by atoms with Gasteiger partial charge in [0.2, 0.25) is 0 Å². The molecule has 0 spiro atoms. The highest BCUT2D eigenvalue weighted by molar-refractivity contribution is 9.10. The zero-order valence-electron chi connectivity index (χ0n) is 9.47. The second-order valence-corrected chi connectivity index (χ2v) is 7.86. The summed E-state index contributed by atoms with van der Waals surface area (Å²) in [6.07, 6.45) is 0.523. The van der Waals surface area contributed by atoms with Crippen LogP contribution in [0.15, 0.2) is 45.1 Å². The zero-order valence-corrected chi connectivity index (χ0v) is 12.7. The van der Waals surface area contributed by atoms with Crippen LogP contribution in [0.5, 0.6) is 0 Å². The summed E-state index contributed by atoms with van der Waals surface area (Å²) >= 11 is 4.82. The van der Waals surface area contributed by atoms with E-state index in [2.05, 4.69) is 15.9 Å². The third-order valence-electron chi connectivity index (χ3n) is 2.50. The van der Waals surface area contributed by atoms with Crippen molar-refractivity contribution in [1.29, 1.82) is 0 Å². The number of halogens is 1. The number of benzene rings is 1. The molecule has 2 aromatic rings. The van der Waals surface area contributed by atoms with E-state index >= 15 is 0 Å². The molecule has 0 saturated heterocycles. The van der Waals surface area contributed by atoms with E-state index < -0.39 is 9.84 Å². The van der Waals surface area contributed by atoms with Crippen LogP contribution in [0.4, 0.5) is 5.69 Å². The maximum atomic E-state index is 12.2. The molecular formula is C12H12BrNO2S2. The number of nitrogen functional groups attached to an aromatic ring is 1. The molecule has 2 N–H and O–H groups in total. The first-order chi connectivity index (χ1) is 8.49. The minimum Gasteiger partial charge on any atom is -0.398 e. The first kappa shape index (κ1) is 13.6. The Kier molecular flexibility index (Phi) is 4.09. The number of aryl methyl sites for hydroxylation is 1. The summed E-state index contributed by atoms with van der Waals surface area (Å²) < 4.78 is 25.1. The van der Waals surface area contributed by atoms with Gasteiger partial charge in [-0.2, -0.15) is 0 Å². The monoisotopic (exact) mass is 345 g/mol. The average Bonchev–Trinajstić information content (AvgIpc) is 2.78. The lowest BCUT2D eigenvalue weighted by atomic mass is 10.3. The lowest BCUT2D eigenvalue weighted by Gasteiger charge is -2.07. The summed E-state index contributed by atoms with van der Waals surface area (Å²) in [6.45, 7) is 0. The normalized spacial score (nSPS) is 11.6. The number of thiophene rings is 1. The quantitative estimate of drug-likeness (QED) is 0.866. The van der Waals surface area contributed by atoms with Gasteiger partial charge in [0.05, 0.1) is 16.3 Å². The first-order valence-corrected chi connectivity index (χ1v) is 8.62. The maximum Gasteiger partial charge on any atom is 0.180 e. The van der Waals surface area contributed by atoms with Crippen molar-refractivity contribution < 1.29 is 8.42 Å². The smallest absolute Gasteiger partial charge is 0.180 e. The minimum absolute atomic E-state index is 0.0827. The van der Waals surface area contributed by atoms with Gasteiger partial charge < -0.3 is 5.73 Å². The Morgan fingerprint density at radius 1 is 1.28 bits per heavy atom. The number of hydrogen-bond acceptors (Lipinski definition) is 4. The van der Waals surface area contributed by atoms with Crippen LogP contribution in [-0.2, 0) is 16.3 Å². The second-order valence-electron chi connectivity index (χ2n) is 3.83. The van der Waals surface area contributed by atoms with Crippen LogP contribution >= 0.6 is 27.3 Å². The molecule has 2 rings (SSSR count). The van der Waals surface area contributed by atoms with Crippen molar-refractivity contribution in [1.82, 2.24) is 0 Å². The molecule has 0 atom stereocenters. The largest absolute Gasteiger partial charge is 0.398 e. The van der Waals surface area contributed by atoms with Crippen LogP contribution in [0.3, 0.4) is 0 Å². The molecular weight excluding hydrogens is 334 g/mol. The highest BCUT2D eigenvalue weighted by Crippen LogP contribution is 2.24. The van der Waals surface area contributed by atoms with Crippen molar-refractivity contribution in [3.8, 4) is 0 Å². The molecule has 0 aliphatic carbocycles. The summed E-state index contributed by atoms with van der Waals surface area (Å²) in [5, 5.41) is 1.94. The van der Waals surface area contributed by atoms with Crippen molar-refractivity contribution in [2.75, 3.05) is 11.5 Å². The Balaban J connectivity index is 2.20. The van der Waals surface area contributed by atoms with Crippen LogP contribution in [0.25, 0.3) is 0 Å². The van der Waals surface area contributed by atoms with Gasteiger partial charge in [-0.15, -0.1) is 11.3 Å². The zero-order chi connectivity index (χ0) is 13.2. The fourth-order valence-corrected chi connectivity index (χ4v) is 4.22. The number of sulfone groups is 1. The highest BCUT2D eigenvalue weighted by atomic mass is 79.9. The van der Waals surface area contributed by atoms with Gasteiger partial charge in [0.1, 0.15) is 0 Å². The van der Waals surface area contributed by atoms with Gasteiger partial charge >= 0.3 is 0 Å². The van der Waals surface area contributed by atoms with Gasteiger partial charge in [-0.05, 0) is 36.1 Å². The lowest BCUT2D eigenvalue weighted by molar-refractivity contribution is 0.596. The van der Waals surface area contributed by atoms with E-state index in [1.54, 1.807) is 29.5 Å². The number of nitrogens with two attached hydrogens (primary N) is 1. The second kappa shape index (κ2) is 5.42. The molecule has 0 amide bonds. The Bertz CT molecular complexity index is 636. The minimum atomic E-state index is -3.32. The molecule has 0 fully saturated rings. The van der Waals surface area contributed by atoms with Gasteiger partial charge in [-0.1, -0.05) is 22.0 Å². The average molecular weight is 346 g/mol. The maximum absolute atomic E-state index is 12.2. The van der Waals surface area contributed by atoms with Crippen molar-refractivity contribution in [2.45, 2.75) is 11.3 Å². The molecule has 0 unspecified atom stereocenters. The Morgan fingerprint density at radius 3 is 2.67 bits per heavy atom. The van der Waals surface area contributed by atoms with Crippen molar-refractivity contribution in [3.05, 3.63) is 45.1 Å². The van der Waals surface area contributed by atoms with E-state index in [1.165, 1.54) is 0 Å². The van der Waals surface area contributed by atoms with Crippen molar-refractivity contribution in [3.63, 3.8) is 0 Å². The van der Waals surface area contributed by atoms with Gasteiger partial charge in [0, 0.05) is 9.35 Å². The van der Waals surface area contributed by atoms with Gasteiger partial charge in [0.15, 0.2) is 9.84 Å². The molecule has 96 valence electrons. The van der Waals surface area contributed by atoms with Crippen molar-refractivity contribution >= 4 is 42.8 Å². The van der Waals surface area contributed by atoms with Crippen LogP contribution in [0.2, 0.25) is 0 Å². The number of anilines is 1. The van der Waals surface area contributed by atoms with Crippen LogP contribution in [0.1, 0.15) is 4.88 Å². The number of hydrogen-bond donors (Lipinski definition) is 1. The van der Waals surface area contributed by atoms with E-state index in [1.807, 2.05) is 17.5 Å². The summed E-state index contributed by atoms with van der Waals surface area (Å²) in [4.78, 5) is 1.27. The van der Waals surface area contributed by atoms with E-state index in [0.29, 0.717) is 6.42 Å². The molecule has 1 aromatic carbocycles. The molecule has 0 saturated carbocycles. The van der Waals surface area contributed by atoms with E-state index in [-0.39, 0.29) is 16.3 Å². The summed E-state index contributed by atoms with van der Waals surface area (Å²) in [5.41, 5.74) is 6.04. The highest BCUT2D eigenvalue weighted by Gasteiger charge is 2.17. The summed E-state index contributed by atoms with van der Waals surface area (Å²) in [6, 6.07) is 8.70. The molecule has 0 aliphatic rings. The van der Waals surface area contributed by atoms with Gasteiger partial charge in [-0.25, -0.2) is 8.42 Å². The molecule has 0 radical (unpaired) electrons. The van der Waals surface area contributed by atoms with Crippen LogP contribution in [0, 0.1) is 0 Å². The third kappa shape index (κ3) is 3.13. The molecule has 1 heterocycles. The molecule has 0 bridgehead atoms. The van der Waals surface area contributed by atoms with Crippen LogP contribution in [-0.4, -0.2) is 14.2 Å². The fourth-order valence-electron chi connectivity index (χ4n) is 1.60. The van der Waals surface area contributed by atoms with Gasteiger partial charge in [0.25, 0.3) is 0 Å². The predicted molar refractivity (Wildman–Crippen MR) is 78.6 cm³/mol. The Morgan fingerprint density at radius 2 is 2.06 bits per heavy atom. The molecule has 0 aliphatic heterocycles. The Hall–Kier alpha value is -0.850. The summed E-state index contributed by atoms with van der Waals surface area (Å²) in [7, 11) is -3.32. The predicted octanol–water partition coefficient (Wildman–Crippen LogP) is 3.11. The molecule has 18 heavy (non-hydrogen) atoms.